The predicted molar refractivity (Wildman–Crippen MR) is 59.0 cm³/mol. The van der Waals surface area contributed by atoms with Crippen LogP contribution in [0.2, 0.25) is 0 Å². The first-order chi connectivity index (χ1) is 6.52. The minimum atomic E-state index is -1.12. The van der Waals surface area contributed by atoms with Crippen LogP contribution in [0.1, 0.15) is 12.8 Å². The number of hydrogen-bond acceptors (Lipinski definition) is 2. The second kappa shape index (κ2) is 8.71. The normalized spacial score (nSPS) is 13.1. The van der Waals surface area contributed by atoms with E-state index in [0.717, 1.165) is 0 Å². The van der Waals surface area contributed by atoms with Crippen molar-refractivity contribution in [1.82, 2.24) is 0 Å². The fraction of sp³-hybridized carbons (Fsp3) is 0.400. The van der Waals surface area contributed by atoms with Crippen LogP contribution in [0.5, 0.6) is 0 Å². The average Bonchev–Trinajstić information content (AvgIpc) is 2.10. The van der Waals surface area contributed by atoms with E-state index in [2.05, 4.69) is 13.2 Å². The molecule has 2 atom stereocenters. The Morgan fingerprint density at radius 1 is 1.27 bits per heavy atom. The van der Waals surface area contributed by atoms with Gasteiger partial charge in [0.1, 0.15) is 0 Å². The van der Waals surface area contributed by atoms with Crippen molar-refractivity contribution in [2.45, 2.75) is 12.8 Å². The molecule has 0 aromatic heterocycles. The fourth-order valence-corrected chi connectivity index (χ4v) is 1.23. The van der Waals surface area contributed by atoms with Crippen molar-refractivity contribution in [2.75, 3.05) is 0 Å². The summed E-state index contributed by atoms with van der Waals surface area (Å²) in [6.45, 7) is 6.97. The number of rotatable bonds is 7. The Kier molecular flexibility index (Phi) is 9.77. The van der Waals surface area contributed by atoms with Gasteiger partial charge in [0.25, 0.3) is 0 Å². The Labute approximate surface area is 111 Å². The molecule has 0 aliphatic heterocycles. The van der Waals surface area contributed by atoms with Crippen LogP contribution < -0.4 is 0 Å². The Balaban J connectivity index is 0. The van der Waals surface area contributed by atoms with Gasteiger partial charge in [-0.25, -0.2) is 0 Å². The van der Waals surface area contributed by atoms with Crippen molar-refractivity contribution in [3.63, 3.8) is 0 Å². The van der Waals surface area contributed by atoms with Crippen LogP contribution in [-0.4, -0.2) is 51.7 Å². The van der Waals surface area contributed by atoms with Crippen LogP contribution >= 0.6 is 0 Å². The van der Waals surface area contributed by atoms with E-state index in [-0.39, 0.29) is 41.9 Å². The van der Waals surface area contributed by atoms with E-state index >= 15 is 0 Å². The summed E-state index contributed by atoms with van der Waals surface area (Å²) >= 11 is 0. The van der Waals surface area contributed by atoms with Gasteiger partial charge >= 0.3 is 41.5 Å². The first-order valence-corrected chi connectivity index (χ1v) is 4.21. The molecule has 0 fully saturated rings. The van der Waals surface area contributed by atoms with E-state index in [0.29, 0.717) is 6.42 Å². The zero-order chi connectivity index (χ0) is 11.1. The van der Waals surface area contributed by atoms with E-state index in [9.17, 15) is 9.59 Å². The number of allylic oxidation sites excluding steroid dienone is 2. The molecule has 15 heavy (non-hydrogen) atoms. The Hall–Kier alpha value is -0.580. The molecule has 0 amide bonds. The molecule has 0 aromatic rings. The summed E-state index contributed by atoms with van der Waals surface area (Å²) in [5.41, 5.74) is 0. The molecule has 0 spiro atoms. The summed E-state index contributed by atoms with van der Waals surface area (Å²) in [6, 6.07) is 0. The van der Waals surface area contributed by atoms with Crippen LogP contribution in [0.15, 0.2) is 25.3 Å². The van der Waals surface area contributed by atoms with E-state index in [4.69, 9.17) is 10.2 Å². The van der Waals surface area contributed by atoms with Gasteiger partial charge in [-0.3, -0.25) is 9.59 Å². The topological polar surface area (TPSA) is 74.6 Å². The predicted octanol–water partition coefficient (Wildman–Crippen LogP) is 0.892. The number of hydrogen-bond donors (Lipinski definition) is 2. The van der Waals surface area contributed by atoms with Gasteiger partial charge in [0.15, 0.2) is 0 Å². The quantitative estimate of drug-likeness (QED) is 0.495. The molecule has 2 unspecified atom stereocenters. The molecule has 0 aliphatic carbocycles. The molecule has 0 aromatic carbocycles. The molecule has 2 N–H and O–H groups in total. The number of carboxylic acid groups (broad SMARTS) is 2. The van der Waals surface area contributed by atoms with Gasteiger partial charge in [-0.15, -0.1) is 13.2 Å². The van der Waals surface area contributed by atoms with Gasteiger partial charge in [-0.1, -0.05) is 12.2 Å². The maximum atomic E-state index is 10.8. The maximum absolute atomic E-state index is 10.8. The standard InChI is InChI=1S/C10H14O4.Na.H/c1-3-5-7(4-2)8(10(13)14)6-9(11)12;;/h3-4,7-8H,1-2,5-6H2,(H,11,12)(H,13,14);;. The fourth-order valence-electron chi connectivity index (χ4n) is 1.23. The van der Waals surface area contributed by atoms with Crippen LogP contribution in [0.3, 0.4) is 0 Å². The van der Waals surface area contributed by atoms with Crippen molar-refractivity contribution >= 4 is 41.5 Å². The average molecular weight is 222 g/mol. The third-order valence-corrected chi connectivity index (χ3v) is 1.97. The monoisotopic (exact) mass is 222 g/mol. The summed E-state index contributed by atoms with van der Waals surface area (Å²) in [7, 11) is 0. The first-order valence-electron chi connectivity index (χ1n) is 4.21. The third kappa shape index (κ3) is 6.49. The summed E-state index contributed by atoms with van der Waals surface area (Å²) < 4.78 is 0. The van der Waals surface area contributed by atoms with E-state index in [1.807, 2.05) is 0 Å². The van der Waals surface area contributed by atoms with Crippen molar-refractivity contribution < 1.29 is 19.8 Å². The summed E-state index contributed by atoms with van der Waals surface area (Å²) in [4.78, 5) is 21.2. The van der Waals surface area contributed by atoms with Crippen molar-refractivity contribution in [3.8, 4) is 0 Å². The Morgan fingerprint density at radius 3 is 2.07 bits per heavy atom. The molecule has 0 bridgehead atoms. The number of aliphatic carboxylic acids is 2. The van der Waals surface area contributed by atoms with Crippen LogP contribution in [-0.2, 0) is 9.59 Å². The molecule has 0 heterocycles. The Morgan fingerprint density at radius 2 is 1.80 bits per heavy atom. The molecule has 5 heteroatoms. The zero-order valence-electron chi connectivity index (χ0n) is 7.85. The van der Waals surface area contributed by atoms with Crippen molar-refractivity contribution in [1.29, 1.82) is 0 Å². The van der Waals surface area contributed by atoms with Crippen LogP contribution in [0, 0.1) is 11.8 Å². The van der Waals surface area contributed by atoms with E-state index in [1.54, 1.807) is 6.08 Å². The molecule has 0 radical (unpaired) electrons. The van der Waals surface area contributed by atoms with Gasteiger partial charge in [0, 0.05) is 0 Å². The third-order valence-electron chi connectivity index (χ3n) is 1.97. The van der Waals surface area contributed by atoms with E-state index in [1.165, 1.54) is 6.08 Å². The zero-order valence-corrected chi connectivity index (χ0v) is 7.85. The molecule has 0 saturated heterocycles. The molecule has 80 valence electrons. The molecule has 4 nitrogen and oxygen atoms in total. The molecule has 0 rings (SSSR count). The first kappa shape index (κ1) is 16.8. The van der Waals surface area contributed by atoms with Crippen LogP contribution in [0.25, 0.3) is 0 Å². The summed E-state index contributed by atoms with van der Waals surface area (Å²) in [6.07, 6.45) is 3.06. The number of carbonyl (C=O) groups is 2. The van der Waals surface area contributed by atoms with Gasteiger partial charge < -0.3 is 10.2 Å². The second-order valence-electron chi connectivity index (χ2n) is 2.97. The second-order valence-corrected chi connectivity index (χ2v) is 2.97. The summed E-state index contributed by atoms with van der Waals surface area (Å²) in [5, 5.41) is 17.3. The number of carboxylic acids is 2. The van der Waals surface area contributed by atoms with Gasteiger partial charge in [-0.2, -0.15) is 0 Å². The molecular formula is C10H15NaO4. The summed E-state index contributed by atoms with van der Waals surface area (Å²) in [5.74, 6) is -3.53. The SMILES string of the molecule is C=CCC(C=C)C(CC(=O)O)C(=O)O.[NaH]. The minimum absolute atomic E-state index is 0. The van der Waals surface area contributed by atoms with Gasteiger partial charge in [0.05, 0.1) is 12.3 Å². The van der Waals surface area contributed by atoms with Gasteiger partial charge in [-0.05, 0) is 12.3 Å². The van der Waals surface area contributed by atoms with E-state index < -0.39 is 17.9 Å². The molecular weight excluding hydrogens is 207 g/mol. The Bertz CT molecular complexity index is 250. The molecule has 0 saturated carbocycles. The molecule has 0 aliphatic rings. The van der Waals surface area contributed by atoms with Crippen LogP contribution in [0.4, 0.5) is 0 Å². The van der Waals surface area contributed by atoms with Crippen molar-refractivity contribution in [2.24, 2.45) is 11.8 Å². The van der Waals surface area contributed by atoms with Gasteiger partial charge in [0.2, 0.25) is 0 Å². The van der Waals surface area contributed by atoms with Crippen molar-refractivity contribution in [3.05, 3.63) is 25.3 Å².